The van der Waals surface area contributed by atoms with Crippen molar-refractivity contribution in [2.24, 2.45) is 0 Å². The molecule has 0 aliphatic carbocycles. The maximum absolute atomic E-state index is 12.5. The van der Waals surface area contributed by atoms with Crippen LogP contribution in [0, 0.1) is 0 Å². The van der Waals surface area contributed by atoms with Crippen molar-refractivity contribution in [1.82, 2.24) is 10.2 Å². The van der Waals surface area contributed by atoms with Gasteiger partial charge in [0.1, 0.15) is 0 Å². The van der Waals surface area contributed by atoms with E-state index < -0.39 is 0 Å². The number of nitrogens with one attached hydrogen (secondary N) is 3. The van der Waals surface area contributed by atoms with Crippen LogP contribution in [-0.2, 0) is 11.3 Å². The van der Waals surface area contributed by atoms with Crippen LogP contribution in [0.25, 0.3) is 0 Å². The van der Waals surface area contributed by atoms with Crippen LogP contribution in [0.5, 0.6) is 0 Å². The van der Waals surface area contributed by atoms with E-state index in [0.717, 1.165) is 18.5 Å². The summed E-state index contributed by atoms with van der Waals surface area (Å²) in [5, 5.41) is 7.96. The van der Waals surface area contributed by atoms with Gasteiger partial charge in [-0.3, -0.25) is 9.59 Å². The molecule has 1 aliphatic heterocycles. The number of carbonyl (C=O) groups is 3. The van der Waals surface area contributed by atoms with Gasteiger partial charge in [0.15, 0.2) is 0 Å². The van der Waals surface area contributed by atoms with Gasteiger partial charge in [0.2, 0.25) is 5.91 Å². The van der Waals surface area contributed by atoms with Gasteiger partial charge >= 0.3 is 6.03 Å². The predicted molar refractivity (Wildman–Crippen MR) is 104 cm³/mol. The quantitative estimate of drug-likeness (QED) is 0.760. The van der Waals surface area contributed by atoms with Gasteiger partial charge in [-0.15, -0.1) is 0 Å². The molecule has 0 unspecified atom stereocenters. The highest BCUT2D eigenvalue weighted by Crippen LogP contribution is 2.17. The van der Waals surface area contributed by atoms with Crippen LogP contribution in [0.4, 0.5) is 16.2 Å². The molecule has 4 amide bonds. The Kier molecular flexibility index (Phi) is 5.71. The van der Waals surface area contributed by atoms with E-state index in [0.29, 0.717) is 29.9 Å². The van der Waals surface area contributed by atoms with Gasteiger partial charge in [-0.1, -0.05) is 12.1 Å². The number of urea groups is 1. The fourth-order valence-corrected chi connectivity index (χ4v) is 2.94. The molecule has 7 nitrogen and oxygen atoms in total. The summed E-state index contributed by atoms with van der Waals surface area (Å²) in [6.45, 7) is 1.30. The van der Waals surface area contributed by atoms with Crippen LogP contribution in [-0.4, -0.2) is 36.3 Å². The zero-order valence-corrected chi connectivity index (χ0v) is 15.1. The molecule has 1 fully saturated rings. The van der Waals surface area contributed by atoms with Crippen molar-refractivity contribution < 1.29 is 14.4 Å². The third-order valence-corrected chi connectivity index (χ3v) is 4.36. The number of rotatable bonds is 5. The van der Waals surface area contributed by atoms with Gasteiger partial charge in [-0.25, -0.2) is 4.79 Å². The van der Waals surface area contributed by atoms with Gasteiger partial charge in [-0.05, 0) is 48.4 Å². The molecule has 1 aliphatic rings. The number of benzene rings is 2. The number of anilines is 2. The van der Waals surface area contributed by atoms with Gasteiger partial charge in [0, 0.05) is 43.5 Å². The average molecular weight is 366 g/mol. The number of likely N-dealkylation sites (tertiary alicyclic amines) is 1. The molecule has 0 atom stereocenters. The SMILES string of the molecule is CNC(=O)Nc1ccc(NC(=O)c2cccc(CN3CCCC3=O)c2)cc1. The minimum atomic E-state index is -0.305. The number of nitrogens with zero attached hydrogens (tertiary/aromatic N) is 1. The molecule has 2 aromatic carbocycles. The van der Waals surface area contributed by atoms with Crippen LogP contribution in [0.3, 0.4) is 0 Å². The first-order chi connectivity index (χ1) is 13.0. The lowest BCUT2D eigenvalue weighted by Crippen LogP contribution is -2.24. The Morgan fingerprint density at radius 3 is 2.37 bits per heavy atom. The number of hydrogen-bond acceptors (Lipinski definition) is 3. The van der Waals surface area contributed by atoms with Gasteiger partial charge < -0.3 is 20.9 Å². The largest absolute Gasteiger partial charge is 0.341 e. The molecule has 27 heavy (non-hydrogen) atoms. The Morgan fingerprint density at radius 1 is 1.04 bits per heavy atom. The lowest BCUT2D eigenvalue weighted by atomic mass is 10.1. The van der Waals surface area contributed by atoms with E-state index in [1.165, 1.54) is 7.05 Å². The first kappa shape index (κ1) is 18.4. The number of hydrogen-bond donors (Lipinski definition) is 3. The van der Waals surface area contributed by atoms with Crippen molar-refractivity contribution in [3.63, 3.8) is 0 Å². The van der Waals surface area contributed by atoms with E-state index in [4.69, 9.17) is 0 Å². The first-order valence-electron chi connectivity index (χ1n) is 8.82. The molecule has 7 heteroatoms. The molecule has 140 valence electrons. The molecule has 3 N–H and O–H groups in total. The summed E-state index contributed by atoms with van der Waals surface area (Å²) in [5.41, 5.74) is 2.72. The summed E-state index contributed by atoms with van der Waals surface area (Å²) in [7, 11) is 1.54. The Labute approximate surface area is 157 Å². The summed E-state index contributed by atoms with van der Waals surface area (Å²) in [4.78, 5) is 37.4. The van der Waals surface area contributed by atoms with Crippen molar-refractivity contribution in [3.05, 3.63) is 59.7 Å². The maximum Gasteiger partial charge on any atom is 0.318 e. The summed E-state index contributed by atoms with van der Waals surface area (Å²) in [6.07, 6.45) is 1.49. The van der Waals surface area contributed by atoms with Crippen LogP contribution in [0.1, 0.15) is 28.8 Å². The predicted octanol–water partition coefficient (Wildman–Crippen LogP) is 2.81. The Hall–Kier alpha value is -3.35. The summed E-state index contributed by atoms with van der Waals surface area (Å²) in [5.74, 6) is -0.0630. The van der Waals surface area contributed by atoms with Crippen LogP contribution in [0.15, 0.2) is 48.5 Å². The molecule has 0 bridgehead atoms. The molecule has 0 spiro atoms. The normalized spacial score (nSPS) is 13.4. The van der Waals surface area contributed by atoms with E-state index >= 15 is 0 Å². The van der Waals surface area contributed by atoms with Gasteiger partial charge in [0.05, 0.1) is 0 Å². The van der Waals surface area contributed by atoms with Crippen LogP contribution >= 0.6 is 0 Å². The first-order valence-corrected chi connectivity index (χ1v) is 8.82. The maximum atomic E-state index is 12.5. The molecule has 3 rings (SSSR count). The van der Waals surface area contributed by atoms with Crippen molar-refractivity contribution in [2.45, 2.75) is 19.4 Å². The molecule has 2 aromatic rings. The summed E-state index contributed by atoms with van der Waals surface area (Å²) >= 11 is 0. The molecule has 0 saturated carbocycles. The monoisotopic (exact) mass is 366 g/mol. The third-order valence-electron chi connectivity index (χ3n) is 4.36. The molecular weight excluding hydrogens is 344 g/mol. The molecular formula is C20H22N4O3. The van der Waals surface area contributed by atoms with E-state index in [-0.39, 0.29) is 17.8 Å². The van der Waals surface area contributed by atoms with E-state index in [1.807, 2.05) is 23.1 Å². The minimum Gasteiger partial charge on any atom is -0.341 e. The third kappa shape index (κ3) is 4.84. The topological polar surface area (TPSA) is 90.5 Å². The zero-order valence-electron chi connectivity index (χ0n) is 15.1. The van der Waals surface area contributed by atoms with Crippen LogP contribution in [0.2, 0.25) is 0 Å². The zero-order chi connectivity index (χ0) is 19.2. The molecule has 1 saturated heterocycles. The molecule has 1 heterocycles. The smallest absolute Gasteiger partial charge is 0.318 e. The highest BCUT2D eigenvalue weighted by Gasteiger charge is 2.20. The van der Waals surface area contributed by atoms with Crippen molar-refractivity contribution >= 4 is 29.2 Å². The highest BCUT2D eigenvalue weighted by molar-refractivity contribution is 6.04. The average Bonchev–Trinajstić information content (AvgIpc) is 3.08. The fourth-order valence-electron chi connectivity index (χ4n) is 2.94. The Balaban J connectivity index is 1.63. The summed E-state index contributed by atoms with van der Waals surface area (Å²) < 4.78 is 0. The number of amides is 4. The van der Waals surface area contributed by atoms with Crippen molar-refractivity contribution in [1.29, 1.82) is 0 Å². The second-order valence-electron chi connectivity index (χ2n) is 6.35. The van der Waals surface area contributed by atoms with E-state index in [9.17, 15) is 14.4 Å². The fraction of sp³-hybridized carbons (Fsp3) is 0.250. The van der Waals surface area contributed by atoms with E-state index in [2.05, 4.69) is 16.0 Å². The standard InChI is InChI=1S/C20H22N4O3/c1-21-20(27)23-17-9-7-16(8-10-17)22-19(26)15-5-2-4-14(12-15)13-24-11-3-6-18(24)25/h2,4-5,7-10,12H,3,6,11,13H2,1H3,(H,22,26)(H2,21,23,27). The van der Waals surface area contributed by atoms with Crippen LogP contribution < -0.4 is 16.0 Å². The van der Waals surface area contributed by atoms with Crippen molar-refractivity contribution in [2.75, 3.05) is 24.2 Å². The Bertz CT molecular complexity index is 849. The van der Waals surface area contributed by atoms with Gasteiger partial charge in [-0.2, -0.15) is 0 Å². The van der Waals surface area contributed by atoms with Crippen molar-refractivity contribution in [3.8, 4) is 0 Å². The molecule has 0 radical (unpaired) electrons. The second-order valence-corrected chi connectivity index (χ2v) is 6.35. The summed E-state index contributed by atoms with van der Waals surface area (Å²) in [6, 6.07) is 13.8. The lowest BCUT2D eigenvalue weighted by molar-refractivity contribution is -0.128. The van der Waals surface area contributed by atoms with Gasteiger partial charge in [0.25, 0.3) is 5.91 Å². The highest BCUT2D eigenvalue weighted by atomic mass is 16.2. The molecule has 0 aromatic heterocycles. The number of carbonyl (C=O) groups excluding carboxylic acids is 3. The lowest BCUT2D eigenvalue weighted by Gasteiger charge is -2.16. The Morgan fingerprint density at radius 2 is 1.74 bits per heavy atom. The minimum absolute atomic E-state index is 0.162. The second kappa shape index (κ2) is 8.35. The van der Waals surface area contributed by atoms with E-state index in [1.54, 1.807) is 30.3 Å².